The Balaban J connectivity index is 2.37. The molecule has 0 bridgehead atoms. The van der Waals surface area contributed by atoms with Crippen molar-refractivity contribution < 1.29 is 5.11 Å². The normalized spacial score (nSPS) is 21.9. The molecule has 0 spiro atoms. The lowest BCUT2D eigenvalue weighted by Crippen LogP contribution is -2.33. The smallest absolute Gasteiger partial charge is 0.134 e. The third-order valence-electron chi connectivity index (χ3n) is 2.19. The van der Waals surface area contributed by atoms with Crippen molar-refractivity contribution in [2.24, 2.45) is 0 Å². The topological polar surface area (TPSA) is 45.2 Å². The minimum Gasteiger partial charge on any atom is -0.506 e. The van der Waals surface area contributed by atoms with Crippen LogP contribution in [0, 0.1) is 0 Å². The highest BCUT2D eigenvalue weighted by Gasteiger charge is 2.15. The van der Waals surface area contributed by atoms with Gasteiger partial charge in [-0.05, 0) is 18.6 Å². The number of hydrogen-bond acceptors (Lipinski definition) is 3. The molecule has 1 atom stereocenters. The molecule has 1 aromatic rings. The fraction of sp³-hybridized carbons (Fsp3) is 0.444. The summed E-state index contributed by atoms with van der Waals surface area (Å²) in [7, 11) is 0. The van der Waals surface area contributed by atoms with Crippen molar-refractivity contribution in [2.75, 3.05) is 0 Å². The van der Waals surface area contributed by atoms with Crippen LogP contribution in [0.25, 0.3) is 0 Å². The molecule has 2 heterocycles. The number of rotatable bonds is 0. The Morgan fingerprint density at radius 1 is 1.67 bits per heavy atom. The average molecular weight is 164 g/mol. The Bertz CT molecular complexity index is 299. The van der Waals surface area contributed by atoms with Gasteiger partial charge in [-0.2, -0.15) is 0 Å². The van der Waals surface area contributed by atoms with E-state index in [2.05, 4.69) is 17.2 Å². The fourth-order valence-corrected chi connectivity index (χ4v) is 1.51. The van der Waals surface area contributed by atoms with E-state index in [1.807, 2.05) is 0 Å². The number of aromatic hydroxyl groups is 1. The minimum absolute atomic E-state index is 0.255. The van der Waals surface area contributed by atoms with Gasteiger partial charge in [-0.3, -0.25) is 4.98 Å². The molecule has 0 saturated carbocycles. The van der Waals surface area contributed by atoms with Crippen LogP contribution in [0.1, 0.15) is 18.2 Å². The quantitative estimate of drug-likeness (QED) is 0.596. The molecule has 1 unspecified atom stereocenters. The van der Waals surface area contributed by atoms with Gasteiger partial charge in [0, 0.05) is 24.7 Å². The highest BCUT2D eigenvalue weighted by Crippen LogP contribution is 2.18. The molecule has 0 fully saturated rings. The molecule has 64 valence electrons. The first kappa shape index (κ1) is 7.55. The standard InChI is InChI=1S/C9H12N2O/c1-6-2-9-7(4-10-6)3-8(12)5-11-9/h3,5-6,10,12H,2,4H2,1H3. The van der Waals surface area contributed by atoms with Gasteiger partial charge in [0.05, 0.1) is 6.20 Å². The minimum atomic E-state index is 0.255. The van der Waals surface area contributed by atoms with Gasteiger partial charge in [0.2, 0.25) is 0 Å². The maximum Gasteiger partial charge on any atom is 0.134 e. The number of aromatic nitrogens is 1. The molecule has 3 heteroatoms. The molecule has 0 aromatic carbocycles. The van der Waals surface area contributed by atoms with Crippen LogP contribution in [-0.4, -0.2) is 16.1 Å². The molecule has 1 aliphatic rings. The molecular weight excluding hydrogens is 152 g/mol. The number of nitrogens with zero attached hydrogens (tertiary/aromatic N) is 1. The number of pyridine rings is 1. The van der Waals surface area contributed by atoms with Crippen molar-refractivity contribution in [3.05, 3.63) is 23.5 Å². The van der Waals surface area contributed by atoms with Crippen LogP contribution in [0.5, 0.6) is 5.75 Å². The first-order valence-corrected chi connectivity index (χ1v) is 4.16. The van der Waals surface area contributed by atoms with Gasteiger partial charge in [-0.1, -0.05) is 0 Å². The van der Waals surface area contributed by atoms with E-state index in [0.29, 0.717) is 6.04 Å². The predicted octanol–water partition coefficient (Wildman–Crippen LogP) is 0.821. The summed E-state index contributed by atoms with van der Waals surface area (Å²) in [6.45, 7) is 2.95. The van der Waals surface area contributed by atoms with Gasteiger partial charge >= 0.3 is 0 Å². The summed E-state index contributed by atoms with van der Waals surface area (Å²) < 4.78 is 0. The van der Waals surface area contributed by atoms with E-state index in [0.717, 1.165) is 24.2 Å². The summed E-state index contributed by atoms with van der Waals surface area (Å²) >= 11 is 0. The highest BCUT2D eigenvalue weighted by atomic mass is 16.3. The molecule has 2 rings (SSSR count). The molecular formula is C9H12N2O. The SMILES string of the molecule is CC1Cc2ncc(O)cc2CN1. The maximum atomic E-state index is 9.16. The van der Waals surface area contributed by atoms with Gasteiger partial charge in [0.25, 0.3) is 0 Å². The monoisotopic (exact) mass is 164 g/mol. The van der Waals surface area contributed by atoms with E-state index >= 15 is 0 Å². The Hall–Kier alpha value is -1.09. The second-order valence-corrected chi connectivity index (χ2v) is 3.29. The summed E-state index contributed by atoms with van der Waals surface area (Å²) in [5.41, 5.74) is 2.23. The first-order valence-electron chi connectivity index (χ1n) is 4.16. The van der Waals surface area contributed by atoms with Crippen LogP contribution in [0.3, 0.4) is 0 Å². The lowest BCUT2D eigenvalue weighted by molar-refractivity contribution is 0.461. The van der Waals surface area contributed by atoms with Crippen molar-refractivity contribution in [2.45, 2.75) is 25.9 Å². The van der Waals surface area contributed by atoms with Gasteiger partial charge in [-0.25, -0.2) is 0 Å². The second kappa shape index (κ2) is 2.75. The van der Waals surface area contributed by atoms with Crippen LogP contribution in [0.15, 0.2) is 12.3 Å². The first-order chi connectivity index (χ1) is 5.75. The van der Waals surface area contributed by atoms with Crippen molar-refractivity contribution in [1.29, 1.82) is 0 Å². The Labute approximate surface area is 71.4 Å². The Morgan fingerprint density at radius 3 is 3.33 bits per heavy atom. The molecule has 0 aliphatic carbocycles. The average Bonchev–Trinajstić information content (AvgIpc) is 2.05. The largest absolute Gasteiger partial charge is 0.506 e. The van der Waals surface area contributed by atoms with Crippen LogP contribution in [0.2, 0.25) is 0 Å². The number of hydrogen-bond donors (Lipinski definition) is 2. The maximum absolute atomic E-state index is 9.16. The van der Waals surface area contributed by atoms with E-state index in [1.54, 1.807) is 6.07 Å². The third-order valence-corrected chi connectivity index (χ3v) is 2.19. The molecule has 12 heavy (non-hydrogen) atoms. The molecule has 1 aliphatic heterocycles. The number of nitrogens with one attached hydrogen (secondary N) is 1. The van der Waals surface area contributed by atoms with Crippen molar-refractivity contribution >= 4 is 0 Å². The zero-order chi connectivity index (χ0) is 8.55. The summed E-state index contributed by atoms with van der Waals surface area (Å²) in [5, 5.41) is 12.5. The molecule has 0 radical (unpaired) electrons. The Morgan fingerprint density at radius 2 is 2.50 bits per heavy atom. The van der Waals surface area contributed by atoms with Crippen molar-refractivity contribution in [3.8, 4) is 5.75 Å². The van der Waals surface area contributed by atoms with E-state index in [4.69, 9.17) is 5.11 Å². The third kappa shape index (κ3) is 1.28. The molecule has 1 aromatic heterocycles. The molecule has 0 saturated heterocycles. The Kier molecular flexibility index (Phi) is 1.73. The number of fused-ring (bicyclic) bond motifs is 1. The van der Waals surface area contributed by atoms with Crippen LogP contribution in [0.4, 0.5) is 0 Å². The molecule has 2 N–H and O–H groups in total. The van der Waals surface area contributed by atoms with E-state index in [9.17, 15) is 0 Å². The van der Waals surface area contributed by atoms with Crippen molar-refractivity contribution in [3.63, 3.8) is 0 Å². The lowest BCUT2D eigenvalue weighted by atomic mass is 10.0. The van der Waals surface area contributed by atoms with E-state index in [1.165, 1.54) is 6.20 Å². The van der Waals surface area contributed by atoms with Crippen LogP contribution < -0.4 is 5.32 Å². The van der Waals surface area contributed by atoms with E-state index < -0.39 is 0 Å². The van der Waals surface area contributed by atoms with Gasteiger partial charge in [0.1, 0.15) is 5.75 Å². The molecule has 0 amide bonds. The zero-order valence-electron chi connectivity index (χ0n) is 7.04. The predicted molar refractivity (Wildman–Crippen MR) is 45.9 cm³/mol. The summed E-state index contributed by atoms with van der Waals surface area (Å²) in [5.74, 6) is 0.255. The second-order valence-electron chi connectivity index (χ2n) is 3.29. The highest BCUT2D eigenvalue weighted by molar-refractivity contribution is 5.30. The van der Waals surface area contributed by atoms with Crippen LogP contribution >= 0.6 is 0 Å². The van der Waals surface area contributed by atoms with E-state index in [-0.39, 0.29) is 5.75 Å². The van der Waals surface area contributed by atoms with Gasteiger partial charge in [0.15, 0.2) is 0 Å². The summed E-state index contributed by atoms with van der Waals surface area (Å²) in [6, 6.07) is 2.27. The lowest BCUT2D eigenvalue weighted by Gasteiger charge is -2.21. The van der Waals surface area contributed by atoms with Gasteiger partial charge in [-0.15, -0.1) is 0 Å². The van der Waals surface area contributed by atoms with Gasteiger partial charge < -0.3 is 10.4 Å². The fourth-order valence-electron chi connectivity index (χ4n) is 1.51. The van der Waals surface area contributed by atoms with Crippen LogP contribution in [-0.2, 0) is 13.0 Å². The summed E-state index contributed by atoms with van der Waals surface area (Å²) in [4.78, 5) is 4.18. The summed E-state index contributed by atoms with van der Waals surface area (Å²) in [6.07, 6.45) is 2.46. The molecule has 3 nitrogen and oxygen atoms in total. The van der Waals surface area contributed by atoms with Crippen molar-refractivity contribution in [1.82, 2.24) is 10.3 Å². The zero-order valence-corrected chi connectivity index (χ0v) is 7.04.